The molecule has 26 heavy (non-hydrogen) atoms. The van der Waals surface area contributed by atoms with Gasteiger partial charge in [0, 0.05) is 19.5 Å². The molecule has 0 aliphatic carbocycles. The monoisotopic (exact) mass is 356 g/mol. The van der Waals surface area contributed by atoms with Crippen molar-refractivity contribution in [2.24, 2.45) is 0 Å². The van der Waals surface area contributed by atoms with Crippen LogP contribution in [0.15, 0.2) is 84.9 Å². The zero-order valence-electron chi connectivity index (χ0n) is 14.5. The van der Waals surface area contributed by atoms with E-state index in [1.54, 1.807) is 0 Å². The van der Waals surface area contributed by atoms with Gasteiger partial charge in [-0.2, -0.15) is 0 Å². The van der Waals surface area contributed by atoms with E-state index >= 15 is 0 Å². The molecule has 0 radical (unpaired) electrons. The molecule has 1 heterocycles. The highest BCUT2D eigenvalue weighted by molar-refractivity contribution is 7.52. The zero-order chi connectivity index (χ0) is 17.5. The first kappa shape index (κ1) is 16.0. The standard InChI is InChI=1S/C24H21OP/c25-26-23(21-13-5-9-17-7-1-3-11-19(17)21)15-16-24(26)22-14-6-10-18-8-2-4-12-20(18)22/h1-14,23-25H,15-16H2. The fourth-order valence-electron chi connectivity index (χ4n) is 4.48. The van der Waals surface area contributed by atoms with Crippen LogP contribution in [0, 0.1) is 0 Å². The van der Waals surface area contributed by atoms with Crippen molar-refractivity contribution >= 4 is 29.7 Å². The lowest BCUT2D eigenvalue weighted by molar-refractivity contribution is 0.610. The van der Waals surface area contributed by atoms with Crippen LogP contribution >= 0.6 is 8.15 Å². The van der Waals surface area contributed by atoms with Crippen molar-refractivity contribution in [3.05, 3.63) is 96.1 Å². The Balaban J connectivity index is 1.57. The highest BCUT2D eigenvalue weighted by atomic mass is 31.1. The molecule has 0 spiro atoms. The maximum Gasteiger partial charge on any atom is 0.0404 e. The van der Waals surface area contributed by atoms with E-state index in [4.69, 9.17) is 0 Å². The Morgan fingerprint density at radius 3 is 1.50 bits per heavy atom. The molecule has 0 bridgehead atoms. The van der Waals surface area contributed by atoms with E-state index in [0.717, 1.165) is 12.8 Å². The van der Waals surface area contributed by atoms with Crippen LogP contribution < -0.4 is 0 Å². The fourth-order valence-corrected chi connectivity index (χ4v) is 6.76. The molecule has 1 aliphatic rings. The second-order valence-corrected chi connectivity index (χ2v) is 9.13. The molecule has 4 aromatic rings. The average Bonchev–Trinajstić information content (AvgIpc) is 3.08. The van der Waals surface area contributed by atoms with Crippen molar-refractivity contribution in [1.29, 1.82) is 0 Å². The van der Waals surface area contributed by atoms with Crippen molar-refractivity contribution in [1.82, 2.24) is 0 Å². The van der Waals surface area contributed by atoms with Gasteiger partial charge in [-0.3, -0.25) is 0 Å². The van der Waals surface area contributed by atoms with Gasteiger partial charge in [0.2, 0.25) is 0 Å². The van der Waals surface area contributed by atoms with Crippen molar-refractivity contribution < 1.29 is 4.89 Å². The highest BCUT2D eigenvalue weighted by Crippen LogP contribution is 2.68. The summed E-state index contributed by atoms with van der Waals surface area (Å²) in [7, 11) is -1.09. The summed E-state index contributed by atoms with van der Waals surface area (Å²) in [5, 5.41) is 5.12. The van der Waals surface area contributed by atoms with Crippen LogP contribution in [0.1, 0.15) is 35.3 Å². The topological polar surface area (TPSA) is 20.2 Å². The van der Waals surface area contributed by atoms with Crippen LogP contribution in [-0.4, -0.2) is 4.89 Å². The summed E-state index contributed by atoms with van der Waals surface area (Å²) in [4.78, 5) is 11.3. The molecule has 0 saturated carbocycles. The number of hydrogen-bond donors (Lipinski definition) is 1. The Hall–Kier alpha value is -2.21. The molecule has 2 heteroatoms. The molecule has 4 aromatic carbocycles. The Kier molecular flexibility index (Phi) is 4.00. The maximum atomic E-state index is 11.3. The molecule has 2 unspecified atom stereocenters. The first-order chi connectivity index (χ1) is 12.8. The SMILES string of the molecule is OP1C(c2cccc3ccccc23)CCC1c1cccc2ccccc12. The van der Waals surface area contributed by atoms with Crippen LogP contribution in [0.3, 0.4) is 0 Å². The van der Waals surface area contributed by atoms with E-state index < -0.39 is 8.15 Å². The van der Waals surface area contributed by atoms with Crippen LogP contribution in [-0.2, 0) is 0 Å². The summed E-state index contributed by atoms with van der Waals surface area (Å²) in [6, 6.07) is 30.1. The average molecular weight is 356 g/mol. The molecule has 1 aliphatic heterocycles. The predicted molar refractivity (Wildman–Crippen MR) is 112 cm³/mol. The minimum atomic E-state index is -1.09. The molecule has 5 rings (SSSR count). The highest BCUT2D eigenvalue weighted by Gasteiger charge is 2.37. The molecule has 1 saturated heterocycles. The summed E-state index contributed by atoms with van der Waals surface area (Å²) < 4.78 is 0. The van der Waals surface area contributed by atoms with Gasteiger partial charge in [-0.25, -0.2) is 0 Å². The Bertz CT molecular complexity index is 990. The lowest BCUT2D eigenvalue weighted by Crippen LogP contribution is -1.95. The molecule has 2 atom stereocenters. The molecule has 0 aromatic heterocycles. The fraction of sp³-hybridized carbons (Fsp3) is 0.167. The van der Waals surface area contributed by atoms with Crippen LogP contribution in [0.5, 0.6) is 0 Å². The molecule has 0 amide bonds. The molecule has 128 valence electrons. The Labute approximate surface area is 155 Å². The van der Waals surface area contributed by atoms with Crippen molar-refractivity contribution in [2.45, 2.75) is 24.2 Å². The number of hydrogen-bond acceptors (Lipinski definition) is 1. The normalized spacial score (nSPS) is 22.9. The molecular weight excluding hydrogens is 335 g/mol. The quantitative estimate of drug-likeness (QED) is 0.385. The van der Waals surface area contributed by atoms with Crippen LogP contribution in [0.25, 0.3) is 21.5 Å². The lowest BCUT2D eigenvalue weighted by Gasteiger charge is -2.22. The number of benzene rings is 4. The van der Waals surface area contributed by atoms with Crippen molar-refractivity contribution in [3.63, 3.8) is 0 Å². The third-order valence-electron chi connectivity index (χ3n) is 5.72. The van der Waals surface area contributed by atoms with E-state index in [1.165, 1.54) is 32.7 Å². The first-order valence-electron chi connectivity index (χ1n) is 9.25. The summed E-state index contributed by atoms with van der Waals surface area (Å²) in [6.07, 6.45) is 2.12. The van der Waals surface area contributed by atoms with Gasteiger partial charge in [0.05, 0.1) is 0 Å². The van der Waals surface area contributed by atoms with Gasteiger partial charge >= 0.3 is 0 Å². The second kappa shape index (κ2) is 6.50. The lowest BCUT2D eigenvalue weighted by atomic mass is 9.97. The Morgan fingerprint density at radius 2 is 1.00 bits per heavy atom. The number of fused-ring (bicyclic) bond motifs is 2. The maximum absolute atomic E-state index is 11.3. The van der Waals surface area contributed by atoms with Gasteiger partial charge in [-0.15, -0.1) is 0 Å². The van der Waals surface area contributed by atoms with Gasteiger partial charge in [-0.05, 0) is 45.5 Å². The van der Waals surface area contributed by atoms with E-state index in [0.29, 0.717) is 0 Å². The van der Waals surface area contributed by atoms with E-state index in [2.05, 4.69) is 84.9 Å². The minimum Gasteiger partial charge on any atom is -0.373 e. The minimum absolute atomic E-state index is 0.264. The summed E-state index contributed by atoms with van der Waals surface area (Å²) in [5.41, 5.74) is 3.17. The third-order valence-corrected chi connectivity index (χ3v) is 8.07. The summed E-state index contributed by atoms with van der Waals surface area (Å²) >= 11 is 0. The van der Waals surface area contributed by atoms with Crippen LogP contribution in [0.4, 0.5) is 0 Å². The van der Waals surface area contributed by atoms with E-state index in [9.17, 15) is 4.89 Å². The van der Waals surface area contributed by atoms with Gasteiger partial charge in [0.15, 0.2) is 0 Å². The van der Waals surface area contributed by atoms with Gasteiger partial charge in [0.25, 0.3) is 0 Å². The zero-order valence-corrected chi connectivity index (χ0v) is 15.4. The smallest absolute Gasteiger partial charge is 0.0404 e. The largest absolute Gasteiger partial charge is 0.373 e. The van der Waals surface area contributed by atoms with Gasteiger partial charge in [-0.1, -0.05) is 84.9 Å². The Morgan fingerprint density at radius 1 is 0.577 bits per heavy atom. The molecule has 1 nitrogen and oxygen atoms in total. The second-order valence-electron chi connectivity index (χ2n) is 7.13. The van der Waals surface area contributed by atoms with Crippen molar-refractivity contribution in [3.8, 4) is 0 Å². The molecule has 1 fully saturated rings. The summed E-state index contributed by atoms with van der Waals surface area (Å²) in [5.74, 6) is 0. The predicted octanol–water partition coefficient (Wildman–Crippen LogP) is 6.96. The molecular formula is C24H21OP. The van der Waals surface area contributed by atoms with Gasteiger partial charge < -0.3 is 4.89 Å². The third kappa shape index (κ3) is 2.55. The summed E-state index contributed by atoms with van der Waals surface area (Å²) in [6.45, 7) is 0. The van der Waals surface area contributed by atoms with E-state index in [1.807, 2.05) is 0 Å². The van der Waals surface area contributed by atoms with Crippen LogP contribution in [0.2, 0.25) is 0 Å². The molecule has 1 N–H and O–H groups in total. The first-order valence-corrected chi connectivity index (χ1v) is 10.7. The van der Waals surface area contributed by atoms with E-state index in [-0.39, 0.29) is 11.3 Å². The van der Waals surface area contributed by atoms with Gasteiger partial charge in [0.1, 0.15) is 0 Å². The number of rotatable bonds is 2. The van der Waals surface area contributed by atoms with Crippen molar-refractivity contribution in [2.75, 3.05) is 0 Å².